The van der Waals surface area contributed by atoms with E-state index in [4.69, 9.17) is 4.74 Å². The lowest BCUT2D eigenvalue weighted by Gasteiger charge is -2.36. The fourth-order valence-corrected chi connectivity index (χ4v) is 4.85. The molecule has 1 unspecified atom stereocenters. The van der Waals surface area contributed by atoms with Crippen LogP contribution in [0.1, 0.15) is 32.1 Å². The van der Waals surface area contributed by atoms with Crippen molar-refractivity contribution in [2.75, 3.05) is 37.6 Å². The number of cyclic esters (lactones) is 1. The molecule has 1 aromatic heterocycles. The highest BCUT2D eigenvalue weighted by atomic mass is 16.6. The molecule has 4 heterocycles. The van der Waals surface area contributed by atoms with E-state index in [9.17, 15) is 4.79 Å². The van der Waals surface area contributed by atoms with Gasteiger partial charge >= 0.3 is 5.97 Å². The lowest BCUT2D eigenvalue weighted by Crippen LogP contribution is -2.43. The highest BCUT2D eigenvalue weighted by Gasteiger charge is 2.51. The van der Waals surface area contributed by atoms with Crippen LogP contribution in [0.4, 0.5) is 5.95 Å². The molecule has 0 bridgehead atoms. The third kappa shape index (κ3) is 3.15. The van der Waals surface area contributed by atoms with Crippen LogP contribution in [0.25, 0.3) is 5.69 Å². The van der Waals surface area contributed by atoms with E-state index in [0.29, 0.717) is 0 Å². The topological polar surface area (TPSA) is 76.4 Å². The second-order valence-corrected chi connectivity index (χ2v) is 8.23. The zero-order valence-corrected chi connectivity index (χ0v) is 16.0. The molecule has 3 fully saturated rings. The van der Waals surface area contributed by atoms with Crippen LogP contribution < -0.4 is 4.90 Å². The number of piperidine rings is 1. The molecule has 2 aromatic rings. The average Bonchev–Trinajstić information content (AvgIpc) is 3.46. The smallest absolute Gasteiger partial charge is 0.312 e. The lowest BCUT2D eigenvalue weighted by atomic mass is 9.76. The summed E-state index contributed by atoms with van der Waals surface area (Å²) in [4.78, 5) is 17.3. The van der Waals surface area contributed by atoms with Gasteiger partial charge in [-0.15, -0.1) is 0 Å². The predicted octanol–water partition coefficient (Wildman–Crippen LogP) is 1.66. The van der Waals surface area contributed by atoms with Crippen molar-refractivity contribution in [2.45, 2.75) is 38.2 Å². The second-order valence-electron chi connectivity index (χ2n) is 8.23. The summed E-state index contributed by atoms with van der Waals surface area (Å²) in [5.41, 5.74) is 0.611. The second kappa shape index (κ2) is 7.16. The molecule has 0 saturated carbocycles. The van der Waals surface area contributed by atoms with E-state index in [1.165, 1.54) is 12.8 Å². The third-order valence-corrected chi connectivity index (χ3v) is 6.44. The number of ether oxygens (including phenoxy) is 1. The molecule has 1 atom stereocenters. The third-order valence-electron chi connectivity index (χ3n) is 6.44. The number of nitrogens with zero attached hydrogens (tertiary/aromatic N) is 6. The molecule has 3 aliphatic heterocycles. The first kappa shape index (κ1) is 17.6. The summed E-state index contributed by atoms with van der Waals surface area (Å²) in [5.74, 6) is 0.736. The first-order valence-corrected chi connectivity index (χ1v) is 10.3. The summed E-state index contributed by atoms with van der Waals surface area (Å²) < 4.78 is 7.56. The predicted molar refractivity (Wildman–Crippen MR) is 103 cm³/mol. The minimum absolute atomic E-state index is 0.000928. The SMILES string of the molecule is O=C1OC(CN2CCCC2)CC12CCN(c1nnnn1-c1ccccc1)CC2. The number of anilines is 1. The molecule has 28 heavy (non-hydrogen) atoms. The molecule has 8 heteroatoms. The number of para-hydroxylation sites is 1. The molecule has 0 amide bonds. The molecule has 0 N–H and O–H groups in total. The maximum absolute atomic E-state index is 12.7. The van der Waals surface area contributed by atoms with Gasteiger partial charge in [-0.3, -0.25) is 9.69 Å². The largest absolute Gasteiger partial charge is 0.461 e. The molecule has 8 nitrogen and oxygen atoms in total. The van der Waals surface area contributed by atoms with Crippen LogP contribution in [0.2, 0.25) is 0 Å². The van der Waals surface area contributed by atoms with Crippen LogP contribution in [-0.4, -0.2) is 69.9 Å². The molecule has 3 aliphatic rings. The number of tetrazole rings is 1. The van der Waals surface area contributed by atoms with Crippen LogP contribution in [0.3, 0.4) is 0 Å². The zero-order chi connectivity index (χ0) is 19.0. The van der Waals surface area contributed by atoms with Crippen molar-refractivity contribution in [1.29, 1.82) is 0 Å². The van der Waals surface area contributed by atoms with Crippen molar-refractivity contribution in [1.82, 2.24) is 25.1 Å². The Kier molecular flexibility index (Phi) is 4.50. The Morgan fingerprint density at radius 3 is 2.57 bits per heavy atom. The molecule has 0 aliphatic carbocycles. The van der Waals surface area contributed by atoms with E-state index in [2.05, 4.69) is 25.3 Å². The van der Waals surface area contributed by atoms with Crippen molar-refractivity contribution >= 4 is 11.9 Å². The number of hydrogen-bond donors (Lipinski definition) is 0. The monoisotopic (exact) mass is 382 g/mol. The molecule has 1 spiro atoms. The number of rotatable bonds is 4. The van der Waals surface area contributed by atoms with Gasteiger partial charge in [0.2, 0.25) is 5.95 Å². The molecule has 0 radical (unpaired) electrons. The van der Waals surface area contributed by atoms with Gasteiger partial charge in [0, 0.05) is 26.1 Å². The molecule has 148 valence electrons. The van der Waals surface area contributed by atoms with Gasteiger partial charge in [-0.1, -0.05) is 23.3 Å². The van der Waals surface area contributed by atoms with Gasteiger partial charge in [0.1, 0.15) is 6.10 Å². The summed E-state index contributed by atoms with van der Waals surface area (Å²) in [5, 5.41) is 12.3. The maximum Gasteiger partial charge on any atom is 0.312 e. The summed E-state index contributed by atoms with van der Waals surface area (Å²) in [6.45, 7) is 4.69. The van der Waals surface area contributed by atoms with E-state index in [-0.39, 0.29) is 17.5 Å². The number of aromatic nitrogens is 4. The Morgan fingerprint density at radius 2 is 1.82 bits per heavy atom. The molecule has 5 rings (SSSR count). The Bertz CT molecular complexity index is 824. The van der Waals surface area contributed by atoms with Crippen molar-refractivity contribution in [3.63, 3.8) is 0 Å². The number of benzene rings is 1. The Hall–Kier alpha value is -2.48. The van der Waals surface area contributed by atoms with E-state index >= 15 is 0 Å². The van der Waals surface area contributed by atoms with E-state index in [1.54, 1.807) is 4.68 Å². The van der Waals surface area contributed by atoms with E-state index in [0.717, 1.165) is 63.6 Å². The molecular formula is C20H26N6O2. The minimum atomic E-state index is -0.327. The average molecular weight is 382 g/mol. The van der Waals surface area contributed by atoms with E-state index < -0.39 is 0 Å². The van der Waals surface area contributed by atoms with Crippen molar-refractivity contribution in [3.8, 4) is 5.69 Å². The van der Waals surface area contributed by atoms with Crippen LogP contribution >= 0.6 is 0 Å². The fraction of sp³-hybridized carbons (Fsp3) is 0.600. The number of likely N-dealkylation sites (tertiary alicyclic amines) is 1. The quantitative estimate of drug-likeness (QED) is 0.744. The number of hydrogen-bond acceptors (Lipinski definition) is 7. The Morgan fingerprint density at radius 1 is 1.07 bits per heavy atom. The van der Waals surface area contributed by atoms with Crippen molar-refractivity contribution in [2.24, 2.45) is 5.41 Å². The standard InChI is InChI=1S/C20H26N6O2/c27-18-20(14-17(28-18)15-24-10-4-5-11-24)8-12-25(13-9-20)19-21-22-23-26(19)16-6-2-1-3-7-16/h1-3,6-7,17H,4-5,8-15H2. The van der Waals surface area contributed by atoms with Crippen LogP contribution in [-0.2, 0) is 9.53 Å². The van der Waals surface area contributed by atoms with Crippen LogP contribution in [0, 0.1) is 5.41 Å². The molecule has 3 saturated heterocycles. The van der Waals surface area contributed by atoms with Crippen LogP contribution in [0.5, 0.6) is 0 Å². The first-order chi connectivity index (χ1) is 13.7. The number of carbonyl (C=O) groups excluding carboxylic acids is 1. The molecule has 1 aromatic carbocycles. The minimum Gasteiger partial charge on any atom is -0.461 e. The Labute approximate surface area is 164 Å². The Balaban J connectivity index is 1.26. The van der Waals surface area contributed by atoms with Gasteiger partial charge in [-0.25, -0.2) is 0 Å². The number of carbonyl (C=O) groups is 1. The van der Waals surface area contributed by atoms with Crippen molar-refractivity contribution < 1.29 is 9.53 Å². The van der Waals surface area contributed by atoms with E-state index in [1.807, 2.05) is 30.3 Å². The fourth-order valence-electron chi connectivity index (χ4n) is 4.85. The summed E-state index contributed by atoms with van der Waals surface area (Å²) in [6, 6.07) is 9.90. The van der Waals surface area contributed by atoms with Gasteiger partial charge in [-0.2, -0.15) is 4.68 Å². The summed E-state index contributed by atoms with van der Waals surface area (Å²) >= 11 is 0. The van der Waals surface area contributed by atoms with Gasteiger partial charge in [0.15, 0.2) is 0 Å². The highest BCUT2D eigenvalue weighted by molar-refractivity contribution is 5.79. The van der Waals surface area contributed by atoms with Gasteiger partial charge < -0.3 is 9.64 Å². The van der Waals surface area contributed by atoms with Gasteiger partial charge in [0.25, 0.3) is 0 Å². The maximum atomic E-state index is 12.7. The summed E-state index contributed by atoms with van der Waals surface area (Å²) in [6.07, 6.45) is 5.01. The number of esters is 1. The normalized spacial score (nSPS) is 24.8. The van der Waals surface area contributed by atoms with Crippen LogP contribution in [0.15, 0.2) is 30.3 Å². The van der Waals surface area contributed by atoms with Gasteiger partial charge in [-0.05, 0) is 61.3 Å². The summed E-state index contributed by atoms with van der Waals surface area (Å²) in [7, 11) is 0. The molecular weight excluding hydrogens is 356 g/mol. The first-order valence-electron chi connectivity index (χ1n) is 10.3. The highest BCUT2D eigenvalue weighted by Crippen LogP contribution is 2.44. The van der Waals surface area contributed by atoms with Crippen molar-refractivity contribution in [3.05, 3.63) is 30.3 Å². The van der Waals surface area contributed by atoms with Gasteiger partial charge in [0.05, 0.1) is 11.1 Å². The lowest BCUT2D eigenvalue weighted by molar-refractivity contribution is -0.150. The zero-order valence-electron chi connectivity index (χ0n) is 16.0.